The highest BCUT2D eigenvalue weighted by Crippen LogP contribution is 2.21. The van der Waals surface area contributed by atoms with Crippen LogP contribution in [0.4, 0.5) is 5.69 Å². The van der Waals surface area contributed by atoms with Crippen molar-refractivity contribution in [2.24, 2.45) is 0 Å². The van der Waals surface area contributed by atoms with Gasteiger partial charge in [-0.3, -0.25) is 13.9 Å². The van der Waals surface area contributed by atoms with E-state index in [0.29, 0.717) is 12.1 Å². The average molecular weight is 586 g/mol. The molecule has 0 bridgehead atoms. The summed E-state index contributed by atoms with van der Waals surface area (Å²) in [5.74, 6) is -0.695. The highest BCUT2D eigenvalue weighted by molar-refractivity contribution is 14.1. The smallest absolute Gasteiger partial charge is 0.244 e. The standard InChI is InChI=1S/C24H32IN3O4S/c1-6-22(24(30)26-17(2)3)27(15-19-9-7-8-18(4)14-19)23(29)16-28(33(5,31)32)21-12-10-20(25)11-13-21/h7-14,17,22H,6,15-16H2,1-5H3,(H,26,30)/t22-/m0/s1. The Balaban J connectivity index is 2.43. The van der Waals surface area contributed by atoms with Crippen molar-refractivity contribution < 1.29 is 18.0 Å². The molecule has 0 aliphatic rings. The molecule has 0 aliphatic heterocycles. The third kappa shape index (κ3) is 7.99. The van der Waals surface area contributed by atoms with Gasteiger partial charge in [0.2, 0.25) is 21.8 Å². The summed E-state index contributed by atoms with van der Waals surface area (Å²) in [7, 11) is -3.73. The number of nitrogens with zero attached hydrogens (tertiary/aromatic N) is 2. The molecule has 2 amide bonds. The highest BCUT2D eigenvalue weighted by atomic mass is 127. The molecular weight excluding hydrogens is 553 g/mol. The fourth-order valence-corrected chi connectivity index (χ4v) is 4.74. The maximum atomic E-state index is 13.6. The van der Waals surface area contributed by atoms with Crippen LogP contribution in [0.1, 0.15) is 38.3 Å². The van der Waals surface area contributed by atoms with Gasteiger partial charge >= 0.3 is 0 Å². The second-order valence-corrected chi connectivity index (χ2v) is 11.5. The van der Waals surface area contributed by atoms with Crippen LogP contribution in [0.15, 0.2) is 48.5 Å². The van der Waals surface area contributed by atoms with Crippen LogP contribution in [0.5, 0.6) is 0 Å². The number of rotatable bonds is 10. The molecule has 0 radical (unpaired) electrons. The first-order valence-electron chi connectivity index (χ1n) is 10.8. The maximum absolute atomic E-state index is 13.6. The molecule has 33 heavy (non-hydrogen) atoms. The molecule has 0 fully saturated rings. The summed E-state index contributed by atoms with van der Waals surface area (Å²) in [6.07, 6.45) is 1.48. The largest absolute Gasteiger partial charge is 0.352 e. The van der Waals surface area contributed by atoms with Gasteiger partial charge < -0.3 is 10.2 Å². The topological polar surface area (TPSA) is 86.8 Å². The number of anilines is 1. The predicted molar refractivity (Wildman–Crippen MR) is 140 cm³/mol. The van der Waals surface area contributed by atoms with E-state index in [-0.39, 0.29) is 18.5 Å². The van der Waals surface area contributed by atoms with Gasteiger partial charge in [0.05, 0.1) is 11.9 Å². The molecular formula is C24H32IN3O4S. The molecule has 0 aromatic heterocycles. The summed E-state index contributed by atoms with van der Waals surface area (Å²) in [5, 5.41) is 2.88. The zero-order valence-corrected chi connectivity index (χ0v) is 22.7. The Hall–Kier alpha value is -2.14. The quantitative estimate of drug-likeness (QED) is 0.431. The van der Waals surface area contributed by atoms with Crippen molar-refractivity contribution in [3.63, 3.8) is 0 Å². The first kappa shape index (κ1) is 27.1. The summed E-state index contributed by atoms with van der Waals surface area (Å²) in [6, 6.07) is 13.8. The Labute approximate surface area is 210 Å². The molecule has 2 aromatic carbocycles. The molecule has 0 unspecified atom stereocenters. The van der Waals surface area contributed by atoms with E-state index >= 15 is 0 Å². The van der Waals surface area contributed by atoms with Gasteiger partial charge in [0.15, 0.2) is 0 Å². The van der Waals surface area contributed by atoms with Crippen LogP contribution in [-0.4, -0.2) is 50.0 Å². The van der Waals surface area contributed by atoms with Crippen molar-refractivity contribution in [1.82, 2.24) is 10.2 Å². The molecule has 0 saturated heterocycles. The number of amides is 2. The number of carbonyl (C=O) groups is 2. The summed E-state index contributed by atoms with van der Waals surface area (Å²) in [6.45, 7) is 7.33. The van der Waals surface area contributed by atoms with Crippen LogP contribution in [0.3, 0.4) is 0 Å². The number of halogens is 1. The molecule has 0 spiro atoms. The molecule has 0 aliphatic carbocycles. The van der Waals surface area contributed by atoms with E-state index in [4.69, 9.17) is 0 Å². The number of benzene rings is 2. The zero-order chi connectivity index (χ0) is 24.8. The van der Waals surface area contributed by atoms with Gasteiger partial charge in [-0.1, -0.05) is 36.8 Å². The molecule has 180 valence electrons. The third-order valence-electron chi connectivity index (χ3n) is 5.05. The van der Waals surface area contributed by atoms with Crippen LogP contribution in [-0.2, 0) is 26.2 Å². The number of nitrogens with one attached hydrogen (secondary N) is 1. The number of hydrogen-bond donors (Lipinski definition) is 1. The van der Waals surface area contributed by atoms with Gasteiger partial charge in [0, 0.05) is 16.2 Å². The number of hydrogen-bond acceptors (Lipinski definition) is 4. The summed E-state index contributed by atoms with van der Waals surface area (Å²) in [4.78, 5) is 28.0. The summed E-state index contributed by atoms with van der Waals surface area (Å²) in [5.41, 5.74) is 2.32. The first-order chi connectivity index (χ1) is 15.4. The van der Waals surface area contributed by atoms with Gasteiger partial charge in [-0.05, 0) is 79.6 Å². The SMILES string of the molecule is CC[C@@H](C(=O)NC(C)C)N(Cc1cccc(C)c1)C(=O)CN(c1ccc(I)cc1)S(C)(=O)=O. The van der Waals surface area contributed by atoms with Gasteiger partial charge in [0.25, 0.3) is 0 Å². The Bertz CT molecular complexity index is 1070. The maximum Gasteiger partial charge on any atom is 0.244 e. The minimum Gasteiger partial charge on any atom is -0.352 e. The van der Waals surface area contributed by atoms with E-state index in [1.165, 1.54) is 4.90 Å². The summed E-state index contributed by atoms with van der Waals surface area (Å²) >= 11 is 2.13. The molecule has 0 saturated carbocycles. The third-order valence-corrected chi connectivity index (χ3v) is 6.91. The van der Waals surface area contributed by atoms with Crippen LogP contribution >= 0.6 is 22.6 Å². The first-order valence-corrected chi connectivity index (χ1v) is 13.7. The molecule has 9 heteroatoms. The van der Waals surface area contributed by atoms with E-state index < -0.39 is 28.5 Å². The monoisotopic (exact) mass is 585 g/mol. The van der Waals surface area contributed by atoms with Crippen LogP contribution < -0.4 is 9.62 Å². The average Bonchev–Trinajstić information content (AvgIpc) is 2.71. The number of carbonyl (C=O) groups excluding carboxylic acids is 2. The van der Waals surface area contributed by atoms with Crippen LogP contribution in [0.25, 0.3) is 0 Å². The van der Waals surface area contributed by atoms with E-state index in [1.807, 2.05) is 52.0 Å². The normalized spacial score (nSPS) is 12.3. The minimum atomic E-state index is -3.73. The van der Waals surface area contributed by atoms with Crippen molar-refractivity contribution in [1.29, 1.82) is 0 Å². The van der Waals surface area contributed by atoms with Crippen molar-refractivity contribution in [3.8, 4) is 0 Å². The Morgan fingerprint density at radius 2 is 1.73 bits per heavy atom. The molecule has 1 N–H and O–H groups in total. The Kier molecular flexibility index (Phi) is 9.71. The minimum absolute atomic E-state index is 0.0817. The van der Waals surface area contributed by atoms with Crippen molar-refractivity contribution in [2.75, 3.05) is 17.1 Å². The Morgan fingerprint density at radius 3 is 2.24 bits per heavy atom. The highest BCUT2D eigenvalue weighted by Gasteiger charge is 2.31. The van der Waals surface area contributed by atoms with Crippen molar-refractivity contribution >= 4 is 50.1 Å². The molecule has 1 atom stereocenters. The molecule has 2 rings (SSSR count). The van der Waals surface area contributed by atoms with Crippen LogP contribution in [0, 0.1) is 10.5 Å². The number of aryl methyl sites for hydroxylation is 1. The van der Waals surface area contributed by atoms with E-state index in [1.54, 1.807) is 24.3 Å². The molecule has 7 nitrogen and oxygen atoms in total. The lowest BCUT2D eigenvalue weighted by Gasteiger charge is -2.33. The van der Waals surface area contributed by atoms with Gasteiger partial charge in [0.1, 0.15) is 12.6 Å². The molecule has 0 heterocycles. The second kappa shape index (κ2) is 11.8. The van der Waals surface area contributed by atoms with Gasteiger partial charge in [-0.2, -0.15) is 0 Å². The zero-order valence-electron chi connectivity index (χ0n) is 19.7. The lowest BCUT2D eigenvalue weighted by Crippen LogP contribution is -2.53. The van der Waals surface area contributed by atoms with Crippen molar-refractivity contribution in [3.05, 3.63) is 63.2 Å². The van der Waals surface area contributed by atoms with Gasteiger partial charge in [-0.25, -0.2) is 8.42 Å². The van der Waals surface area contributed by atoms with Gasteiger partial charge in [-0.15, -0.1) is 0 Å². The second-order valence-electron chi connectivity index (χ2n) is 8.34. The predicted octanol–water partition coefficient (Wildman–Crippen LogP) is 3.70. The van der Waals surface area contributed by atoms with E-state index in [0.717, 1.165) is 25.3 Å². The van der Waals surface area contributed by atoms with Crippen molar-refractivity contribution in [2.45, 2.75) is 52.7 Å². The lowest BCUT2D eigenvalue weighted by atomic mass is 10.1. The number of sulfonamides is 1. The molecule has 2 aromatic rings. The van der Waals surface area contributed by atoms with E-state index in [9.17, 15) is 18.0 Å². The summed E-state index contributed by atoms with van der Waals surface area (Å²) < 4.78 is 27.2. The fraction of sp³-hybridized carbons (Fsp3) is 0.417. The van der Waals surface area contributed by atoms with Crippen LogP contribution in [0.2, 0.25) is 0 Å². The Morgan fingerprint density at radius 1 is 1.09 bits per heavy atom. The lowest BCUT2D eigenvalue weighted by molar-refractivity contribution is -0.140. The fourth-order valence-electron chi connectivity index (χ4n) is 3.53. The van der Waals surface area contributed by atoms with E-state index in [2.05, 4.69) is 27.9 Å².